The highest BCUT2D eigenvalue weighted by Crippen LogP contribution is 2.50. The van der Waals surface area contributed by atoms with E-state index in [9.17, 15) is 35.8 Å². The average molecular weight is 320 g/mol. The van der Waals surface area contributed by atoms with Crippen LogP contribution in [0.15, 0.2) is 24.3 Å². The van der Waals surface area contributed by atoms with Gasteiger partial charge >= 0.3 is 18.0 Å². The van der Waals surface area contributed by atoms with Crippen LogP contribution in [0.1, 0.15) is 18.1 Å². The molecule has 1 N–H and O–H groups in total. The topological polar surface area (TPSA) is 29.5 Å². The zero-order valence-corrected chi connectivity index (χ0v) is 10.6. The molecule has 0 heterocycles. The minimum atomic E-state index is -6.19. The molecule has 1 aromatic rings. The predicted octanol–water partition coefficient (Wildman–Crippen LogP) is 3.95. The first-order chi connectivity index (χ1) is 9.42. The molecule has 1 unspecified atom stereocenters. The number of ether oxygens (including phenoxy) is 1. The zero-order valence-electron chi connectivity index (χ0n) is 10.6. The molecule has 1 rings (SSSR count). The lowest BCUT2D eigenvalue weighted by atomic mass is 9.93. The van der Waals surface area contributed by atoms with Crippen LogP contribution in [0.3, 0.4) is 0 Å². The lowest BCUT2D eigenvalue weighted by Gasteiger charge is -2.31. The van der Waals surface area contributed by atoms with Crippen molar-refractivity contribution in [3.63, 3.8) is 0 Å². The van der Waals surface area contributed by atoms with Gasteiger partial charge in [-0.05, 0) is 17.7 Å². The van der Waals surface area contributed by atoms with Gasteiger partial charge in [-0.3, -0.25) is 0 Å². The van der Waals surface area contributed by atoms with Gasteiger partial charge in [0.25, 0.3) is 0 Å². The molecule has 2 nitrogen and oxygen atoms in total. The van der Waals surface area contributed by atoms with Crippen molar-refractivity contribution in [3.05, 3.63) is 29.8 Å². The van der Waals surface area contributed by atoms with E-state index < -0.39 is 30.5 Å². The Hall–Kier alpha value is -1.51. The molecule has 0 bridgehead atoms. The normalized spacial score (nSPS) is 14.9. The number of methoxy groups -OCH3 is 1. The number of hydrogen-bond donors (Lipinski definition) is 1. The molecule has 21 heavy (non-hydrogen) atoms. The lowest BCUT2D eigenvalue weighted by Crippen LogP contribution is -2.54. The number of hydrogen-bond acceptors (Lipinski definition) is 2. The summed E-state index contributed by atoms with van der Waals surface area (Å²) in [6.07, 6.45) is -16.9. The SMILES string of the molecule is COc1cccc(C(O)CC(F)(C(F)(F)F)C(F)(F)F)c1. The van der Waals surface area contributed by atoms with Gasteiger partial charge in [-0.1, -0.05) is 12.1 Å². The van der Waals surface area contributed by atoms with Crippen LogP contribution >= 0.6 is 0 Å². The molecule has 0 radical (unpaired) electrons. The van der Waals surface area contributed by atoms with Crippen molar-refractivity contribution in [2.24, 2.45) is 0 Å². The van der Waals surface area contributed by atoms with Crippen molar-refractivity contribution in [1.29, 1.82) is 0 Å². The molecule has 1 aromatic carbocycles. The Morgan fingerprint density at radius 2 is 1.57 bits per heavy atom. The summed E-state index contributed by atoms with van der Waals surface area (Å²) in [7, 11) is 1.22. The van der Waals surface area contributed by atoms with Gasteiger partial charge in [0.1, 0.15) is 5.75 Å². The van der Waals surface area contributed by atoms with Crippen molar-refractivity contribution in [3.8, 4) is 5.75 Å². The summed E-state index contributed by atoms with van der Waals surface area (Å²) >= 11 is 0. The fourth-order valence-electron chi connectivity index (χ4n) is 1.63. The van der Waals surface area contributed by atoms with E-state index in [1.54, 1.807) is 0 Å². The predicted molar refractivity (Wildman–Crippen MR) is 58.5 cm³/mol. The summed E-state index contributed by atoms with van der Waals surface area (Å²) in [6.45, 7) is 0. The Balaban J connectivity index is 3.09. The zero-order chi connectivity index (χ0) is 16.5. The van der Waals surface area contributed by atoms with Crippen molar-refractivity contribution in [2.75, 3.05) is 7.11 Å². The molecular formula is C12H11F7O2. The number of rotatable bonds is 4. The van der Waals surface area contributed by atoms with Gasteiger partial charge in [-0.25, -0.2) is 4.39 Å². The van der Waals surface area contributed by atoms with Crippen LogP contribution in [0.5, 0.6) is 5.75 Å². The molecule has 1 atom stereocenters. The molecule has 9 heteroatoms. The standard InChI is InChI=1S/C12H11F7O2/c1-21-8-4-2-3-7(5-8)9(20)6-10(13,11(14,15)16)12(17,18)19/h2-5,9,20H,6H2,1H3. The molecule has 0 saturated heterocycles. The molecule has 0 aliphatic rings. The molecule has 0 aromatic heterocycles. The molecule has 120 valence electrons. The Labute approximate surface area is 115 Å². The van der Waals surface area contributed by atoms with Crippen molar-refractivity contribution in [1.82, 2.24) is 0 Å². The summed E-state index contributed by atoms with van der Waals surface area (Å²) in [6, 6.07) is 4.71. The third kappa shape index (κ3) is 3.58. The maximum Gasteiger partial charge on any atom is 0.431 e. The molecule has 0 aliphatic carbocycles. The van der Waals surface area contributed by atoms with E-state index in [0.717, 1.165) is 12.1 Å². The van der Waals surface area contributed by atoms with Crippen molar-refractivity contribution in [2.45, 2.75) is 30.5 Å². The lowest BCUT2D eigenvalue weighted by molar-refractivity contribution is -0.347. The second kappa shape index (κ2) is 5.70. The molecule has 0 saturated carbocycles. The van der Waals surface area contributed by atoms with Crippen molar-refractivity contribution < 1.29 is 40.6 Å². The van der Waals surface area contributed by atoms with Crippen LogP contribution in [0.25, 0.3) is 0 Å². The molecule has 0 fully saturated rings. The van der Waals surface area contributed by atoms with Gasteiger partial charge in [-0.15, -0.1) is 0 Å². The first-order valence-electron chi connectivity index (χ1n) is 5.57. The quantitative estimate of drug-likeness (QED) is 0.851. The highest BCUT2D eigenvalue weighted by Gasteiger charge is 2.72. The third-order valence-electron chi connectivity index (χ3n) is 2.85. The summed E-state index contributed by atoms with van der Waals surface area (Å²) in [4.78, 5) is 0. The number of aliphatic hydroxyl groups excluding tert-OH is 1. The van der Waals surface area contributed by atoms with Crippen LogP contribution in [0, 0.1) is 0 Å². The van der Waals surface area contributed by atoms with E-state index in [4.69, 9.17) is 4.74 Å². The maximum atomic E-state index is 13.5. The van der Waals surface area contributed by atoms with Gasteiger partial charge in [0.15, 0.2) is 0 Å². The van der Waals surface area contributed by atoms with E-state index in [0.29, 0.717) is 0 Å². The monoisotopic (exact) mass is 320 g/mol. The fourth-order valence-corrected chi connectivity index (χ4v) is 1.63. The molecular weight excluding hydrogens is 309 g/mol. The second-order valence-corrected chi connectivity index (χ2v) is 4.29. The minimum absolute atomic E-state index is 0.107. The maximum absolute atomic E-state index is 13.5. The van der Waals surface area contributed by atoms with Gasteiger partial charge in [0.2, 0.25) is 0 Å². The first kappa shape index (κ1) is 17.5. The summed E-state index contributed by atoms with van der Waals surface area (Å²) < 4.78 is 92.5. The number of benzene rings is 1. The van der Waals surface area contributed by atoms with E-state index in [1.165, 1.54) is 19.2 Å². The van der Waals surface area contributed by atoms with Crippen LogP contribution in [-0.4, -0.2) is 30.2 Å². The van der Waals surface area contributed by atoms with Gasteiger partial charge in [0, 0.05) is 6.42 Å². The molecule has 0 spiro atoms. The summed E-state index contributed by atoms with van der Waals surface area (Å²) in [5.41, 5.74) is -5.81. The Morgan fingerprint density at radius 3 is 2.00 bits per heavy atom. The minimum Gasteiger partial charge on any atom is -0.497 e. The van der Waals surface area contributed by atoms with Crippen LogP contribution in [-0.2, 0) is 0 Å². The Bertz CT molecular complexity index is 467. The third-order valence-corrected chi connectivity index (χ3v) is 2.85. The van der Waals surface area contributed by atoms with Crippen LogP contribution in [0.4, 0.5) is 30.7 Å². The van der Waals surface area contributed by atoms with E-state index in [2.05, 4.69) is 0 Å². The van der Waals surface area contributed by atoms with Gasteiger partial charge in [-0.2, -0.15) is 26.3 Å². The smallest absolute Gasteiger partial charge is 0.431 e. The Kier molecular flexibility index (Phi) is 4.76. The van der Waals surface area contributed by atoms with Gasteiger partial charge in [0.05, 0.1) is 13.2 Å². The first-order valence-corrected chi connectivity index (χ1v) is 5.57. The number of aliphatic hydroxyl groups is 1. The number of alkyl halides is 7. The fraction of sp³-hybridized carbons (Fsp3) is 0.500. The Morgan fingerprint density at radius 1 is 1.05 bits per heavy atom. The molecule has 0 aliphatic heterocycles. The van der Waals surface area contributed by atoms with Crippen LogP contribution < -0.4 is 4.74 Å². The highest BCUT2D eigenvalue weighted by molar-refractivity contribution is 5.30. The van der Waals surface area contributed by atoms with Crippen LogP contribution in [0.2, 0.25) is 0 Å². The van der Waals surface area contributed by atoms with Crippen molar-refractivity contribution >= 4 is 0 Å². The van der Waals surface area contributed by atoms with E-state index >= 15 is 0 Å². The van der Waals surface area contributed by atoms with E-state index in [1.807, 2.05) is 0 Å². The molecule has 0 amide bonds. The summed E-state index contributed by atoms with van der Waals surface area (Å²) in [5, 5.41) is 9.51. The largest absolute Gasteiger partial charge is 0.497 e. The second-order valence-electron chi connectivity index (χ2n) is 4.29. The highest BCUT2D eigenvalue weighted by atomic mass is 19.4. The van der Waals surface area contributed by atoms with E-state index in [-0.39, 0.29) is 11.3 Å². The van der Waals surface area contributed by atoms with Gasteiger partial charge < -0.3 is 9.84 Å². The average Bonchev–Trinajstić information content (AvgIpc) is 2.36. The summed E-state index contributed by atoms with van der Waals surface area (Å²) in [5.74, 6) is 0.107. The number of halogens is 7.